The standard InChI is InChI=1S/C28H30F3NO3/c1-17(10-12-23-19(3)15-26(34-6)21(5)20(23)4)8-7-9-18(2)14-27(33)35-25-13-11-22(32)16-24(25)28(29,30)31/h7-16H,32H2,1-6H3/b9-7+,12-10+,17-8+,18-14+. The van der Waals surface area contributed by atoms with Crippen molar-refractivity contribution < 1.29 is 27.4 Å². The highest BCUT2D eigenvalue weighted by atomic mass is 19.4. The zero-order valence-corrected chi connectivity index (χ0v) is 20.7. The molecule has 2 aromatic carbocycles. The summed E-state index contributed by atoms with van der Waals surface area (Å²) in [6.07, 6.45) is 5.74. The van der Waals surface area contributed by atoms with Gasteiger partial charge in [0, 0.05) is 11.8 Å². The number of hydrogen-bond acceptors (Lipinski definition) is 4. The van der Waals surface area contributed by atoms with E-state index in [1.165, 1.54) is 6.07 Å². The summed E-state index contributed by atoms with van der Waals surface area (Å²) in [5.74, 6) is -0.645. The number of allylic oxidation sites excluding steroid dienone is 6. The molecule has 4 nitrogen and oxygen atoms in total. The van der Waals surface area contributed by atoms with Crippen LogP contribution >= 0.6 is 0 Å². The summed E-state index contributed by atoms with van der Waals surface area (Å²) >= 11 is 0. The Morgan fingerprint density at radius 1 is 0.971 bits per heavy atom. The Balaban J connectivity index is 2.10. The van der Waals surface area contributed by atoms with E-state index in [-0.39, 0.29) is 5.69 Å². The van der Waals surface area contributed by atoms with Crippen molar-refractivity contribution in [3.8, 4) is 11.5 Å². The third kappa shape index (κ3) is 7.64. The first-order valence-electron chi connectivity index (χ1n) is 10.9. The quantitative estimate of drug-likeness (QED) is 0.147. The van der Waals surface area contributed by atoms with Gasteiger partial charge in [-0.1, -0.05) is 36.0 Å². The number of hydrogen-bond donors (Lipinski definition) is 1. The Morgan fingerprint density at radius 2 is 1.66 bits per heavy atom. The van der Waals surface area contributed by atoms with Gasteiger partial charge in [0.1, 0.15) is 17.1 Å². The Labute approximate surface area is 204 Å². The van der Waals surface area contributed by atoms with Gasteiger partial charge >= 0.3 is 12.1 Å². The average Bonchev–Trinajstić information content (AvgIpc) is 2.76. The van der Waals surface area contributed by atoms with Crippen molar-refractivity contribution >= 4 is 17.7 Å². The van der Waals surface area contributed by atoms with E-state index in [1.54, 1.807) is 26.2 Å². The lowest BCUT2D eigenvalue weighted by Gasteiger charge is -2.13. The van der Waals surface area contributed by atoms with Crippen LogP contribution in [0, 0.1) is 20.8 Å². The molecule has 0 heterocycles. The van der Waals surface area contributed by atoms with E-state index in [0.717, 1.165) is 51.8 Å². The van der Waals surface area contributed by atoms with Crippen LogP contribution in [0.5, 0.6) is 11.5 Å². The fourth-order valence-corrected chi connectivity index (χ4v) is 3.39. The summed E-state index contributed by atoms with van der Waals surface area (Å²) in [4.78, 5) is 12.1. The van der Waals surface area contributed by atoms with Gasteiger partial charge in [-0.05, 0) is 86.7 Å². The van der Waals surface area contributed by atoms with Gasteiger partial charge < -0.3 is 15.2 Å². The second-order valence-corrected chi connectivity index (χ2v) is 8.23. The molecule has 0 amide bonds. The molecule has 0 spiro atoms. The first kappa shape index (κ1) is 27.5. The van der Waals surface area contributed by atoms with Crippen molar-refractivity contribution in [1.82, 2.24) is 0 Å². The zero-order valence-electron chi connectivity index (χ0n) is 20.7. The third-order valence-electron chi connectivity index (χ3n) is 5.42. The maximum atomic E-state index is 13.2. The molecule has 0 saturated heterocycles. The Hall–Kier alpha value is -3.74. The van der Waals surface area contributed by atoms with Crippen molar-refractivity contribution in [2.24, 2.45) is 0 Å². The second kappa shape index (κ2) is 11.6. The molecule has 0 aliphatic heterocycles. The molecule has 35 heavy (non-hydrogen) atoms. The molecule has 0 fully saturated rings. The van der Waals surface area contributed by atoms with Crippen LogP contribution in [0.2, 0.25) is 0 Å². The molecule has 0 radical (unpaired) electrons. The minimum Gasteiger partial charge on any atom is -0.496 e. The van der Waals surface area contributed by atoms with Gasteiger partial charge in [0.15, 0.2) is 0 Å². The molecule has 0 aliphatic rings. The van der Waals surface area contributed by atoms with Gasteiger partial charge in [0.25, 0.3) is 0 Å². The SMILES string of the molecule is COc1cc(C)c(/C=C/C(C)=C/C=C/C(C)=C/C(=O)Oc2ccc(N)cc2C(F)(F)F)c(C)c1C. The molecule has 186 valence electrons. The molecule has 0 bridgehead atoms. The van der Waals surface area contributed by atoms with Crippen molar-refractivity contribution in [3.63, 3.8) is 0 Å². The van der Waals surface area contributed by atoms with Crippen molar-refractivity contribution in [2.45, 2.75) is 40.8 Å². The van der Waals surface area contributed by atoms with E-state index in [4.69, 9.17) is 15.2 Å². The predicted molar refractivity (Wildman–Crippen MR) is 134 cm³/mol. The van der Waals surface area contributed by atoms with Crippen LogP contribution in [-0.4, -0.2) is 13.1 Å². The topological polar surface area (TPSA) is 61.5 Å². The first-order chi connectivity index (χ1) is 16.3. The molecule has 0 atom stereocenters. The highest BCUT2D eigenvalue weighted by molar-refractivity contribution is 5.85. The minimum atomic E-state index is -4.69. The molecule has 7 heteroatoms. The molecule has 2 rings (SSSR count). The first-order valence-corrected chi connectivity index (χ1v) is 10.9. The molecule has 2 aromatic rings. The van der Waals surface area contributed by atoms with Crippen LogP contribution in [-0.2, 0) is 11.0 Å². The number of nitrogens with two attached hydrogens (primary N) is 1. The maximum Gasteiger partial charge on any atom is 0.420 e. The predicted octanol–water partition coefficient (Wildman–Crippen LogP) is 7.29. The summed E-state index contributed by atoms with van der Waals surface area (Å²) in [5, 5.41) is 0. The number of carbonyl (C=O) groups excluding carboxylic acids is 1. The number of alkyl halides is 3. The summed E-state index contributed by atoms with van der Waals surface area (Å²) in [7, 11) is 1.66. The zero-order chi connectivity index (χ0) is 26.3. The summed E-state index contributed by atoms with van der Waals surface area (Å²) in [6, 6.07) is 5.01. The number of nitrogen functional groups attached to an aromatic ring is 1. The molecule has 0 unspecified atom stereocenters. The molecule has 0 aliphatic carbocycles. The highest BCUT2D eigenvalue weighted by Crippen LogP contribution is 2.37. The van der Waals surface area contributed by atoms with Crippen LogP contribution < -0.4 is 15.2 Å². The third-order valence-corrected chi connectivity index (χ3v) is 5.42. The van der Waals surface area contributed by atoms with Gasteiger partial charge in [-0.25, -0.2) is 4.79 Å². The molecule has 0 saturated carbocycles. The number of carbonyl (C=O) groups is 1. The van der Waals surface area contributed by atoms with Crippen molar-refractivity contribution in [2.75, 3.05) is 12.8 Å². The fraction of sp³-hybridized carbons (Fsp3) is 0.250. The monoisotopic (exact) mass is 485 g/mol. The number of methoxy groups -OCH3 is 1. The summed E-state index contributed by atoms with van der Waals surface area (Å²) < 4.78 is 49.8. The lowest BCUT2D eigenvalue weighted by atomic mass is 9.96. The number of esters is 1. The lowest BCUT2D eigenvalue weighted by Crippen LogP contribution is -2.12. The van der Waals surface area contributed by atoms with E-state index in [9.17, 15) is 18.0 Å². The van der Waals surface area contributed by atoms with Gasteiger partial charge in [-0.2, -0.15) is 13.2 Å². The number of halogens is 3. The molecule has 0 aromatic heterocycles. The van der Waals surface area contributed by atoms with E-state index in [1.807, 2.05) is 45.1 Å². The summed E-state index contributed by atoms with van der Waals surface area (Å²) in [6.45, 7) is 9.70. The van der Waals surface area contributed by atoms with E-state index in [0.29, 0.717) is 5.57 Å². The molecular weight excluding hydrogens is 455 g/mol. The Bertz CT molecular complexity index is 1220. The number of ether oxygens (including phenoxy) is 2. The number of benzene rings is 2. The lowest BCUT2D eigenvalue weighted by molar-refractivity contribution is -0.140. The Kier molecular flexibility index (Phi) is 9.12. The van der Waals surface area contributed by atoms with Crippen LogP contribution in [0.25, 0.3) is 6.08 Å². The smallest absolute Gasteiger partial charge is 0.420 e. The molecular formula is C28H30F3NO3. The normalized spacial score (nSPS) is 13.1. The van der Waals surface area contributed by atoms with Crippen LogP contribution in [0.4, 0.5) is 18.9 Å². The van der Waals surface area contributed by atoms with Crippen molar-refractivity contribution in [1.29, 1.82) is 0 Å². The van der Waals surface area contributed by atoms with E-state index < -0.39 is 23.5 Å². The number of aryl methyl sites for hydroxylation is 1. The van der Waals surface area contributed by atoms with E-state index >= 15 is 0 Å². The number of anilines is 1. The largest absolute Gasteiger partial charge is 0.496 e. The van der Waals surface area contributed by atoms with Gasteiger partial charge in [0.05, 0.1) is 7.11 Å². The Morgan fingerprint density at radius 3 is 2.29 bits per heavy atom. The van der Waals surface area contributed by atoms with Crippen LogP contribution in [0.15, 0.2) is 65.8 Å². The second-order valence-electron chi connectivity index (χ2n) is 8.23. The van der Waals surface area contributed by atoms with Gasteiger partial charge in [-0.15, -0.1) is 0 Å². The molecule has 2 N–H and O–H groups in total. The number of rotatable bonds is 7. The van der Waals surface area contributed by atoms with Crippen molar-refractivity contribution in [3.05, 3.63) is 93.6 Å². The average molecular weight is 486 g/mol. The highest BCUT2D eigenvalue weighted by Gasteiger charge is 2.35. The van der Waals surface area contributed by atoms with Crippen LogP contribution in [0.3, 0.4) is 0 Å². The van der Waals surface area contributed by atoms with Gasteiger partial charge in [-0.3, -0.25) is 0 Å². The maximum absolute atomic E-state index is 13.2. The van der Waals surface area contributed by atoms with Gasteiger partial charge in [0.2, 0.25) is 0 Å². The van der Waals surface area contributed by atoms with E-state index in [2.05, 4.69) is 6.92 Å². The minimum absolute atomic E-state index is 0.0737. The van der Waals surface area contributed by atoms with Crippen LogP contribution in [0.1, 0.15) is 41.7 Å². The summed E-state index contributed by atoms with van der Waals surface area (Å²) in [5.41, 5.74) is 10.2. The fourth-order valence-electron chi connectivity index (χ4n) is 3.39.